The van der Waals surface area contributed by atoms with Gasteiger partial charge in [0.15, 0.2) is 0 Å². The summed E-state index contributed by atoms with van der Waals surface area (Å²) in [5.74, 6) is -1.97. The molecule has 0 fully saturated rings. The number of aliphatic imine (C=N–C) groups is 1. The summed E-state index contributed by atoms with van der Waals surface area (Å²) in [5.41, 5.74) is -0.793. The highest BCUT2D eigenvalue weighted by atomic mass is 35.5. The predicted molar refractivity (Wildman–Crippen MR) is 91.4 cm³/mol. The first-order valence-corrected chi connectivity index (χ1v) is 8.65. The SMILES string of the molecule is Cc1cc(F)c(N=C(Cl)c2ccc(C(F)(F)F)cc2)cc1SCC(F)(F)F. The van der Waals surface area contributed by atoms with Crippen LogP contribution in [-0.4, -0.2) is 17.1 Å². The molecule has 0 unspecified atom stereocenters. The number of aryl methyl sites for hydroxylation is 1. The minimum absolute atomic E-state index is 0.106. The van der Waals surface area contributed by atoms with Crippen LogP contribution in [-0.2, 0) is 6.18 Å². The molecule has 0 heterocycles. The molecule has 0 N–H and O–H groups in total. The fraction of sp³-hybridized carbons (Fsp3) is 0.235. The zero-order valence-electron chi connectivity index (χ0n) is 13.6. The van der Waals surface area contributed by atoms with Crippen molar-refractivity contribution in [2.24, 2.45) is 4.99 Å². The highest BCUT2D eigenvalue weighted by molar-refractivity contribution is 7.99. The zero-order valence-corrected chi connectivity index (χ0v) is 15.1. The number of halogens is 8. The van der Waals surface area contributed by atoms with Gasteiger partial charge in [-0.2, -0.15) is 26.3 Å². The summed E-state index contributed by atoms with van der Waals surface area (Å²) in [6, 6.07) is 5.87. The molecule has 2 aromatic carbocycles. The second-order valence-electron chi connectivity index (χ2n) is 5.45. The molecule has 0 bridgehead atoms. The van der Waals surface area contributed by atoms with Gasteiger partial charge in [0.25, 0.3) is 0 Å². The van der Waals surface area contributed by atoms with Crippen LogP contribution < -0.4 is 0 Å². The van der Waals surface area contributed by atoms with Crippen LogP contribution in [0.15, 0.2) is 46.3 Å². The zero-order chi connectivity index (χ0) is 20.4. The Balaban J connectivity index is 2.31. The minimum atomic E-state index is -4.52. The molecule has 2 rings (SSSR count). The van der Waals surface area contributed by atoms with E-state index in [1.165, 1.54) is 6.92 Å². The molecule has 0 spiro atoms. The van der Waals surface area contributed by atoms with E-state index in [0.29, 0.717) is 17.3 Å². The van der Waals surface area contributed by atoms with Crippen molar-refractivity contribution in [3.8, 4) is 0 Å². The van der Waals surface area contributed by atoms with E-state index in [0.717, 1.165) is 36.4 Å². The normalized spacial score (nSPS) is 13.1. The van der Waals surface area contributed by atoms with Gasteiger partial charge in [-0.3, -0.25) is 0 Å². The number of rotatable bonds is 4. The topological polar surface area (TPSA) is 12.4 Å². The van der Waals surface area contributed by atoms with Crippen LogP contribution in [0.2, 0.25) is 0 Å². The second-order valence-corrected chi connectivity index (χ2v) is 6.83. The molecule has 10 heteroatoms. The first kappa shape index (κ1) is 21.6. The van der Waals surface area contributed by atoms with Gasteiger partial charge < -0.3 is 0 Å². The second kappa shape index (κ2) is 8.10. The highest BCUT2D eigenvalue weighted by Gasteiger charge is 2.30. The van der Waals surface area contributed by atoms with Crippen molar-refractivity contribution >= 4 is 34.2 Å². The fourth-order valence-corrected chi connectivity index (χ4v) is 3.03. The molecule has 0 saturated carbocycles. The van der Waals surface area contributed by atoms with Gasteiger partial charge in [0.1, 0.15) is 16.7 Å². The third-order valence-corrected chi connectivity index (χ3v) is 4.83. The minimum Gasteiger partial charge on any atom is -0.233 e. The van der Waals surface area contributed by atoms with E-state index in [-0.39, 0.29) is 21.3 Å². The molecule has 0 aliphatic heterocycles. The first-order valence-electron chi connectivity index (χ1n) is 7.28. The van der Waals surface area contributed by atoms with E-state index in [2.05, 4.69) is 4.99 Å². The van der Waals surface area contributed by atoms with E-state index < -0.39 is 29.5 Å². The smallest absolute Gasteiger partial charge is 0.233 e. The van der Waals surface area contributed by atoms with Crippen LogP contribution in [0.25, 0.3) is 0 Å². The van der Waals surface area contributed by atoms with E-state index >= 15 is 0 Å². The molecule has 0 saturated heterocycles. The Morgan fingerprint density at radius 3 is 2.15 bits per heavy atom. The lowest BCUT2D eigenvalue weighted by molar-refractivity contribution is -0.137. The third-order valence-electron chi connectivity index (χ3n) is 3.30. The number of alkyl halides is 6. The van der Waals surface area contributed by atoms with E-state index in [4.69, 9.17) is 11.6 Å². The first-order chi connectivity index (χ1) is 12.4. The molecule has 0 aliphatic carbocycles. The molecular formula is C17H11ClF7NS. The van der Waals surface area contributed by atoms with Crippen LogP contribution in [0, 0.1) is 12.7 Å². The lowest BCUT2D eigenvalue weighted by Crippen LogP contribution is -2.10. The van der Waals surface area contributed by atoms with Crippen molar-refractivity contribution in [2.75, 3.05) is 5.75 Å². The molecule has 0 aliphatic rings. The summed E-state index contributed by atoms with van der Waals surface area (Å²) >= 11 is 6.41. The van der Waals surface area contributed by atoms with Gasteiger partial charge >= 0.3 is 12.4 Å². The summed E-state index contributed by atoms with van der Waals surface area (Å²) in [6.45, 7) is 1.45. The summed E-state index contributed by atoms with van der Waals surface area (Å²) in [7, 11) is 0. The van der Waals surface area contributed by atoms with Gasteiger partial charge in [0, 0.05) is 10.5 Å². The molecule has 2 aromatic rings. The Labute approximate surface area is 159 Å². The maximum atomic E-state index is 14.1. The van der Waals surface area contributed by atoms with Gasteiger partial charge in [-0.05, 0) is 36.8 Å². The Morgan fingerprint density at radius 2 is 1.63 bits per heavy atom. The van der Waals surface area contributed by atoms with E-state index in [9.17, 15) is 30.7 Å². The average Bonchev–Trinajstić information content (AvgIpc) is 2.54. The van der Waals surface area contributed by atoms with Crippen LogP contribution in [0.5, 0.6) is 0 Å². The van der Waals surface area contributed by atoms with Crippen molar-refractivity contribution in [1.29, 1.82) is 0 Å². The van der Waals surface area contributed by atoms with Crippen molar-refractivity contribution in [2.45, 2.75) is 24.2 Å². The molecule has 1 nitrogen and oxygen atoms in total. The summed E-state index contributed by atoms with van der Waals surface area (Å²) in [4.78, 5) is 3.97. The Kier molecular flexibility index (Phi) is 6.47. The van der Waals surface area contributed by atoms with Gasteiger partial charge in [0.2, 0.25) is 0 Å². The van der Waals surface area contributed by atoms with E-state index in [1.807, 2.05) is 0 Å². The molecule has 27 heavy (non-hydrogen) atoms. The lowest BCUT2D eigenvalue weighted by Gasteiger charge is -2.10. The maximum absolute atomic E-state index is 14.1. The summed E-state index contributed by atoms with van der Waals surface area (Å²) in [5, 5.41) is -0.293. The quantitative estimate of drug-likeness (QED) is 0.286. The monoisotopic (exact) mass is 429 g/mol. The van der Waals surface area contributed by atoms with Crippen LogP contribution in [0.3, 0.4) is 0 Å². The summed E-state index contributed by atoms with van der Waals surface area (Å²) < 4.78 is 88.9. The standard InChI is InChI=1S/C17H11ClF7NS/c1-9-6-12(19)13(7-14(9)27-8-16(20,21)22)26-15(18)10-2-4-11(5-3-10)17(23,24)25/h2-7H,8H2,1H3. The van der Waals surface area contributed by atoms with Crippen molar-refractivity contribution in [3.05, 3.63) is 58.9 Å². The molecular weight excluding hydrogens is 419 g/mol. The lowest BCUT2D eigenvalue weighted by atomic mass is 10.1. The average molecular weight is 430 g/mol. The van der Waals surface area contributed by atoms with Crippen LogP contribution in [0.1, 0.15) is 16.7 Å². The van der Waals surface area contributed by atoms with Crippen molar-refractivity contribution < 1.29 is 30.7 Å². The van der Waals surface area contributed by atoms with Gasteiger partial charge in [-0.15, -0.1) is 11.8 Å². The van der Waals surface area contributed by atoms with Gasteiger partial charge in [0.05, 0.1) is 11.3 Å². The van der Waals surface area contributed by atoms with Crippen LogP contribution >= 0.6 is 23.4 Å². The van der Waals surface area contributed by atoms with Crippen molar-refractivity contribution in [1.82, 2.24) is 0 Å². The Morgan fingerprint density at radius 1 is 1.04 bits per heavy atom. The molecule has 0 aromatic heterocycles. The Bertz CT molecular complexity index is 842. The molecule has 0 atom stereocenters. The highest BCUT2D eigenvalue weighted by Crippen LogP contribution is 2.34. The maximum Gasteiger partial charge on any atom is 0.416 e. The molecule has 0 radical (unpaired) electrons. The van der Waals surface area contributed by atoms with Crippen LogP contribution in [0.4, 0.5) is 36.4 Å². The number of thioether (sulfide) groups is 1. The van der Waals surface area contributed by atoms with Gasteiger partial charge in [-0.25, -0.2) is 9.38 Å². The fourth-order valence-electron chi connectivity index (χ4n) is 2.01. The predicted octanol–water partition coefficient (Wildman–Crippen LogP) is 7.12. The molecule has 0 amide bonds. The molecule has 146 valence electrons. The number of hydrogen-bond acceptors (Lipinski definition) is 2. The Hall–Kier alpha value is -1.74. The van der Waals surface area contributed by atoms with E-state index in [1.54, 1.807) is 0 Å². The number of hydrogen-bond donors (Lipinski definition) is 0. The van der Waals surface area contributed by atoms with Gasteiger partial charge in [-0.1, -0.05) is 23.7 Å². The summed E-state index contributed by atoms with van der Waals surface area (Å²) in [6.07, 6.45) is -8.91. The third kappa shape index (κ3) is 6.14. The largest absolute Gasteiger partial charge is 0.416 e. The number of benzene rings is 2. The van der Waals surface area contributed by atoms with Crippen molar-refractivity contribution in [3.63, 3.8) is 0 Å². The number of nitrogens with zero attached hydrogens (tertiary/aromatic N) is 1.